The molecule has 0 spiro atoms. The third kappa shape index (κ3) is 3.20. The zero-order valence-electron chi connectivity index (χ0n) is 13.1. The fraction of sp³-hybridized carbons (Fsp3) is 0.438. The van der Waals surface area contributed by atoms with Gasteiger partial charge >= 0.3 is 0 Å². The maximum Gasteiger partial charge on any atom is 0.280 e. The van der Waals surface area contributed by atoms with Gasteiger partial charge in [0.15, 0.2) is 5.69 Å². The molecule has 1 aromatic heterocycles. The molecule has 2 aromatic rings. The standard InChI is InChI=1S/C16H18BrN5O.ClH/c17-12-2-1-11-5-8-21(15(11)9-12)16(23)14-10-22(20-19-14)13-3-6-18-7-4-13;/h1-2,9-10,13,18H,3-8H2;1H. The fourth-order valence-electron chi connectivity index (χ4n) is 3.33. The zero-order chi connectivity index (χ0) is 15.8. The Morgan fingerprint density at radius 1 is 1.29 bits per heavy atom. The number of rotatable bonds is 2. The Morgan fingerprint density at radius 3 is 2.88 bits per heavy atom. The van der Waals surface area contributed by atoms with Gasteiger partial charge < -0.3 is 10.2 Å². The maximum atomic E-state index is 12.8. The first-order valence-corrected chi connectivity index (χ1v) is 8.74. The van der Waals surface area contributed by atoms with E-state index in [0.29, 0.717) is 18.3 Å². The summed E-state index contributed by atoms with van der Waals surface area (Å²) in [6.07, 6.45) is 4.73. The summed E-state index contributed by atoms with van der Waals surface area (Å²) in [7, 11) is 0. The highest BCUT2D eigenvalue weighted by molar-refractivity contribution is 9.10. The lowest BCUT2D eigenvalue weighted by Crippen LogP contribution is -2.30. The maximum absolute atomic E-state index is 12.8. The normalized spacial score (nSPS) is 17.5. The Bertz CT molecular complexity index is 744. The third-order valence-electron chi connectivity index (χ3n) is 4.60. The lowest BCUT2D eigenvalue weighted by atomic mass is 10.1. The van der Waals surface area contributed by atoms with Crippen molar-refractivity contribution in [1.29, 1.82) is 0 Å². The highest BCUT2D eigenvalue weighted by Gasteiger charge is 2.28. The number of nitrogens with one attached hydrogen (secondary N) is 1. The summed E-state index contributed by atoms with van der Waals surface area (Å²) >= 11 is 3.48. The highest BCUT2D eigenvalue weighted by Crippen LogP contribution is 2.31. The zero-order valence-corrected chi connectivity index (χ0v) is 15.5. The predicted octanol–water partition coefficient (Wildman–Crippen LogP) is 2.59. The number of halogens is 2. The van der Waals surface area contributed by atoms with Crippen molar-refractivity contribution in [1.82, 2.24) is 20.3 Å². The van der Waals surface area contributed by atoms with E-state index in [1.165, 1.54) is 5.56 Å². The molecule has 0 unspecified atom stereocenters. The van der Waals surface area contributed by atoms with Gasteiger partial charge in [-0.1, -0.05) is 27.2 Å². The summed E-state index contributed by atoms with van der Waals surface area (Å²) < 4.78 is 2.83. The van der Waals surface area contributed by atoms with Crippen LogP contribution in [-0.4, -0.2) is 40.5 Å². The fourth-order valence-corrected chi connectivity index (χ4v) is 3.68. The predicted molar refractivity (Wildman–Crippen MR) is 97.9 cm³/mol. The first-order chi connectivity index (χ1) is 11.2. The van der Waals surface area contributed by atoms with E-state index < -0.39 is 0 Å². The average Bonchev–Trinajstić information content (AvgIpc) is 3.22. The van der Waals surface area contributed by atoms with Gasteiger partial charge in [-0.2, -0.15) is 0 Å². The van der Waals surface area contributed by atoms with E-state index >= 15 is 0 Å². The Hall–Kier alpha value is -1.44. The molecule has 0 saturated carbocycles. The van der Waals surface area contributed by atoms with Crippen LogP contribution in [0.3, 0.4) is 0 Å². The summed E-state index contributed by atoms with van der Waals surface area (Å²) in [4.78, 5) is 14.6. The smallest absolute Gasteiger partial charge is 0.280 e. The topological polar surface area (TPSA) is 63.1 Å². The van der Waals surface area contributed by atoms with Gasteiger partial charge in [-0.05, 0) is 50.0 Å². The lowest BCUT2D eigenvalue weighted by molar-refractivity contribution is 0.0984. The Morgan fingerprint density at radius 2 is 2.08 bits per heavy atom. The van der Waals surface area contributed by atoms with Gasteiger partial charge in [-0.3, -0.25) is 4.79 Å². The number of piperidine rings is 1. The summed E-state index contributed by atoms with van der Waals surface area (Å²) in [5.41, 5.74) is 2.60. The van der Waals surface area contributed by atoms with Crippen LogP contribution >= 0.6 is 28.3 Å². The molecule has 6 nitrogen and oxygen atoms in total. The number of amides is 1. The molecule has 2 aliphatic rings. The molecule has 2 aliphatic heterocycles. The molecular weight excluding hydrogens is 394 g/mol. The first-order valence-electron chi connectivity index (χ1n) is 7.95. The van der Waals surface area contributed by atoms with Crippen molar-refractivity contribution in [3.63, 3.8) is 0 Å². The molecule has 0 radical (unpaired) electrons. The number of aromatic nitrogens is 3. The van der Waals surface area contributed by atoms with E-state index in [1.54, 1.807) is 11.1 Å². The second-order valence-corrected chi connectivity index (χ2v) is 6.96. The molecule has 0 atom stereocenters. The molecule has 8 heteroatoms. The number of benzene rings is 1. The number of anilines is 1. The minimum absolute atomic E-state index is 0. The Kier molecular flexibility index (Phi) is 5.22. The Labute approximate surface area is 155 Å². The van der Waals surface area contributed by atoms with E-state index in [4.69, 9.17) is 0 Å². The molecule has 1 aromatic carbocycles. The van der Waals surface area contributed by atoms with Crippen molar-refractivity contribution in [2.75, 3.05) is 24.5 Å². The number of hydrogen-bond donors (Lipinski definition) is 1. The van der Waals surface area contributed by atoms with E-state index in [0.717, 1.165) is 42.5 Å². The Balaban J connectivity index is 0.00000169. The van der Waals surface area contributed by atoms with E-state index in [-0.39, 0.29) is 18.3 Å². The number of carbonyl (C=O) groups is 1. The van der Waals surface area contributed by atoms with Gasteiger partial charge in [-0.25, -0.2) is 4.68 Å². The van der Waals surface area contributed by atoms with Crippen LogP contribution in [0.2, 0.25) is 0 Å². The summed E-state index contributed by atoms with van der Waals surface area (Å²) in [5, 5.41) is 11.6. The van der Waals surface area contributed by atoms with Crippen LogP contribution in [0.1, 0.15) is 34.9 Å². The monoisotopic (exact) mass is 411 g/mol. The summed E-state index contributed by atoms with van der Waals surface area (Å²) in [6, 6.07) is 6.42. The first kappa shape index (κ1) is 17.4. The molecular formula is C16H19BrClN5O. The molecule has 1 N–H and O–H groups in total. The molecule has 1 amide bonds. The van der Waals surface area contributed by atoms with Gasteiger partial charge in [0.25, 0.3) is 5.91 Å². The van der Waals surface area contributed by atoms with Crippen LogP contribution in [-0.2, 0) is 6.42 Å². The SMILES string of the molecule is Cl.O=C(c1cn(C2CCNCC2)nn1)N1CCc2ccc(Br)cc21. The third-order valence-corrected chi connectivity index (χ3v) is 5.09. The molecule has 3 heterocycles. The number of carbonyl (C=O) groups excluding carboxylic acids is 1. The van der Waals surface area contributed by atoms with Crippen molar-refractivity contribution < 1.29 is 4.79 Å². The van der Waals surface area contributed by atoms with E-state index in [2.05, 4.69) is 37.6 Å². The average molecular weight is 413 g/mol. The molecule has 1 saturated heterocycles. The molecule has 128 valence electrons. The van der Waals surface area contributed by atoms with Gasteiger partial charge in [0.2, 0.25) is 0 Å². The summed E-state index contributed by atoms with van der Waals surface area (Å²) in [6.45, 7) is 2.67. The van der Waals surface area contributed by atoms with Crippen molar-refractivity contribution in [2.24, 2.45) is 0 Å². The van der Waals surface area contributed by atoms with Crippen LogP contribution in [0.5, 0.6) is 0 Å². The number of fused-ring (bicyclic) bond motifs is 1. The lowest BCUT2D eigenvalue weighted by Gasteiger charge is -2.22. The van der Waals surface area contributed by atoms with Gasteiger partial charge in [0.1, 0.15) is 0 Å². The van der Waals surface area contributed by atoms with Crippen molar-refractivity contribution >= 4 is 39.9 Å². The molecule has 24 heavy (non-hydrogen) atoms. The number of nitrogens with zero attached hydrogens (tertiary/aromatic N) is 4. The van der Waals surface area contributed by atoms with Crippen molar-refractivity contribution in [3.8, 4) is 0 Å². The van der Waals surface area contributed by atoms with Crippen molar-refractivity contribution in [2.45, 2.75) is 25.3 Å². The van der Waals surface area contributed by atoms with Crippen LogP contribution < -0.4 is 10.2 Å². The molecule has 0 bridgehead atoms. The van der Waals surface area contributed by atoms with Crippen molar-refractivity contribution in [3.05, 3.63) is 40.1 Å². The second-order valence-electron chi connectivity index (χ2n) is 6.04. The van der Waals surface area contributed by atoms with Gasteiger partial charge in [0.05, 0.1) is 12.2 Å². The molecule has 4 rings (SSSR count). The van der Waals surface area contributed by atoms with Crippen LogP contribution in [0.4, 0.5) is 5.69 Å². The van der Waals surface area contributed by atoms with Crippen LogP contribution in [0.15, 0.2) is 28.9 Å². The number of hydrogen-bond acceptors (Lipinski definition) is 4. The van der Waals surface area contributed by atoms with Gasteiger partial charge in [0, 0.05) is 16.7 Å². The second kappa shape index (κ2) is 7.21. The largest absolute Gasteiger partial charge is 0.317 e. The highest BCUT2D eigenvalue weighted by atomic mass is 79.9. The summed E-state index contributed by atoms with van der Waals surface area (Å²) in [5.74, 6) is -0.0676. The van der Waals surface area contributed by atoms with E-state index in [9.17, 15) is 4.79 Å². The quantitative estimate of drug-likeness (QED) is 0.823. The molecule has 1 fully saturated rings. The van der Waals surface area contributed by atoms with Gasteiger partial charge in [-0.15, -0.1) is 17.5 Å². The minimum atomic E-state index is -0.0676. The van der Waals surface area contributed by atoms with Crippen LogP contribution in [0.25, 0.3) is 0 Å². The minimum Gasteiger partial charge on any atom is -0.317 e. The van der Waals surface area contributed by atoms with E-state index in [1.807, 2.05) is 16.8 Å². The van der Waals surface area contributed by atoms with Crippen LogP contribution in [0, 0.1) is 0 Å². The molecule has 0 aliphatic carbocycles.